The minimum Gasteiger partial charge on any atom is -0.345 e. The molecule has 0 amide bonds. The molecule has 0 saturated heterocycles. The van der Waals surface area contributed by atoms with E-state index in [1.54, 1.807) is 0 Å². The number of imidazole rings is 1. The average molecular weight is 191 g/mol. The highest BCUT2D eigenvalue weighted by molar-refractivity contribution is 5.03. The van der Waals surface area contributed by atoms with Gasteiger partial charge in [0.1, 0.15) is 5.82 Å². The van der Waals surface area contributed by atoms with Gasteiger partial charge in [0, 0.05) is 36.7 Å². The number of H-pyrrole nitrogens is 2. The highest BCUT2D eigenvalue weighted by atomic mass is 15.1. The minimum absolute atomic E-state index is 0.798. The second-order valence-corrected chi connectivity index (χ2v) is 3.20. The molecule has 2 aromatic rings. The first-order chi connectivity index (χ1) is 6.84. The summed E-state index contributed by atoms with van der Waals surface area (Å²) >= 11 is 0. The molecule has 2 heterocycles. The standard InChI is InChI=1S/C9H13N5/c1-7-11-6-9(14-7)5-10-2-8-3-12-13-4-8/h3-4,6,10H,2,5H2,1H3,(H,11,14)(H,12,13). The molecular weight excluding hydrogens is 178 g/mol. The van der Waals surface area contributed by atoms with E-state index in [2.05, 4.69) is 25.5 Å². The van der Waals surface area contributed by atoms with Crippen LogP contribution in [0.5, 0.6) is 0 Å². The van der Waals surface area contributed by atoms with Gasteiger partial charge < -0.3 is 10.3 Å². The second-order valence-electron chi connectivity index (χ2n) is 3.20. The van der Waals surface area contributed by atoms with Crippen LogP contribution in [0.2, 0.25) is 0 Å². The van der Waals surface area contributed by atoms with E-state index in [1.807, 2.05) is 25.5 Å². The molecule has 3 N–H and O–H groups in total. The van der Waals surface area contributed by atoms with Crippen LogP contribution in [0.25, 0.3) is 0 Å². The van der Waals surface area contributed by atoms with Crippen molar-refractivity contribution in [1.82, 2.24) is 25.5 Å². The van der Waals surface area contributed by atoms with Gasteiger partial charge in [0.15, 0.2) is 0 Å². The van der Waals surface area contributed by atoms with Crippen LogP contribution in [0.3, 0.4) is 0 Å². The number of aromatic amines is 2. The monoisotopic (exact) mass is 191 g/mol. The van der Waals surface area contributed by atoms with Gasteiger partial charge in [0.25, 0.3) is 0 Å². The van der Waals surface area contributed by atoms with E-state index in [-0.39, 0.29) is 0 Å². The molecule has 0 radical (unpaired) electrons. The lowest BCUT2D eigenvalue weighted by atomic mass is 10.3. The van der Waals surface area contributed by atoms with Crippen LogP contribution >= 0.6 is 0 Å². The first-order valence-corrected chi connectivity index (χ1v) is 4.53. The molecule has 2 aromatic heterocycles. The summed E-state index contributed by atoms with van der Waals surface area (Å²) in [5, 5.41) is 9.93. The van der Waals surface area contributed by atoms with E-state index in [1.165, 1.54) is 0 Å². The maximum atomic E-state index is 4.12. The molecule has 0 spiro atoms. The van der Waals surface area contributed by atoms with Gasteiger partial charge >= 0.3 is 0 Å². The van der Waals surface area contributed by atoms with Crippen molar-refractivity contribution in [2.75, 3.05) is 0 Å². The molecule has 14 heavy (non-hydrogen) atoms. The third-order valence-electron chi connectivity index (χ3n) is 1.95. The van der Waals surface area contributed by atoms with Crippen LogP contribution in [0, 0.1) is 6.92 Å². The van der Waals surface area contributed by atoms with Gasteiger partial charge in [0.2, 0.25) is 0 Å². The van der Waals surface area contributed by atoms with Crippen molar-refractivity contribution in [3.63, 3.8) is 0 Å². The Balaban J connectivity index is 1.78. The topological polar surface area (TPSA) is 69.4 Å². The highest BCUT2D eigenvalue weighted by Gasteiger charge is 1.96. The van der Waals surface area contributed by atoms with Crippen molar-refractivity contribution in [2.45, 2.75) is 20.0 Å². The zero-order valence-electron chi connectivity index (χ0n) is 8.04. The maximum Gasteiger partial charge on any atom is 0.103 e. The lowest BCUT2D eigenvalue weighted by Crippen LogP contribution is -2.12. The number of nitrogens with one attached hydrogen (secondary N) is 3. The van der Waals surface area contributed by atoms with Crippen molar-refractivity contribution in [1.29, 1.82) is 0 Å². The predicted octanol–water partition coefficient (Wildman–Crippen LogP) is 0.731. The Morgan fingerprint density at radius 2 is 2.29 bits per heavy atom. The molecule has 0 aromatic carbocycles. The fourth-order valence-corrected chi connectivity index (χ4v) is 1.28. The quantitative estimate of drug-likeness (QED) is 0.667. The fourth-order valence-electron chi connectivity index (χ4n) is 1.28. The van der Waals surface area contributed by atoms with E-state index < -0.39 is 0 Å². The normalized spacial score (nSPS) is 10.6. The zero-order chi connectivity index (χ0) is 9.80. The smallest absolute Gasteiger partial charge is 0.103 e. The van der Waals surface area contributed by atoms with Crippen molar-refractivity contribution in [3.8, 4) is 0 Å². The maximum absolute atomic E-state index is 4.12. The van der Waals surface area contributed by atoms with Crippen molar-refractivity contribution < 1.29 is 0 Å². The molecule has 0 fully saturated rings. The van der Waals surface area contributed by atoms with E-state index in [9.17, 15) is 0 Å². The van der Waals surface area contributed by atoms with Crippen molar-refractivity contribution in [3.05, 3.63) is 35.7 Å². The first-order valence-electron chi connectivity index (χ1n) is 4.53. The molecule has 0 unspecified atom stereocenters. The zero-order valence-corrected chi connectivity index (χ0v) is 8.04. The SMILES string of the molecule is Cc1ncc(CNCc2cn[nH]c2)[nH]1. The summed E-state index contributed by atoms with van der Waals surface area (Å²) in [5.74, 6) is 0.949. The van der Waals surface area contributed by atoms with E-state index in [0.717, 1.165) is 30.2 Å². The summed E-state index contributed by atoms with van der Waals surface area (Å²) < 4.78 is 0. The summed E-state index contributed by atoms with van der Waals surface area (Å²) in [4.78, 5) is 7.28. The molecule has 0 aliphatic rings. The van der Waals surface area contributed by atoms with Gasteiger partial charge in [-0.25, -0.2) is 4.98 Å². The van der Waals surface area contributed by atoms with E-state index in [4.69, 9.17) is 0 Å². The Hall–Kier alpha value is -1.62. The molecule has 5 nitrogen and oxygen atoms in total. The Kier molecular flexibility index (Phi) is 2.60. The molecule has 0 aliphatic carbocycles. The van der Waals surface area contributed by atoms with Crippen LogP contribution in [-0.4, -0.2) is 20.2 Å². The second kappa shape index (κ2) is 4.06. The molecule has 5 heteroatoms. The summed E-state index contributed by atoms with van der Waals surface area (Å²) in [6.45, 7) is 3.56. The fraction of sp³-hybridized carbons (Fsp3) is 0.333. The number of hydrogen-bond donors (Lipinski definition) is 3. The van der Waals surface area contributed by atoms with Crippen LogP contribution in [0.1, 0.15) is 17.1 Å². The van der Waals surface area contributed by atoms with Crippen LogP contribution in [-0.2, 0) is 13.1 Å². The van der Waals surface area contributed by atoms with Crippen molar-refractivity contribution >= 4 is 0 Å². The Bertz CT molecular complexity index is 376. The van der Waals surface area contributed by atoms with Gasteiger partial charge in [-0.1, -0.05) is 0 Å². The largest absolute Gasteiger partial charge is 0.345 e. The third-order valence-corrected chi connectivity index (χ3v) is 1.95. The molecule has 0 aliphatic heterocycles. The van der Waals surface area contributed by atoms with Crippen LogP contribution in [0.15, 0.2) is 18.6 Å². The molecule has 74 valence electrons. The predicted molar refractivity (Wildman–Crippen MR) is 52.5 cm³/mol. The van der Waals surface area contributed by atoms with Gasteiger partial charge in [-0.15, -0.1) is 0 Å². The number of nitrogens with zero attached hydrogens (tertiary/aromatic N) is 2. The summed E-state index contributed by atoms with van der Waals surface area (Å²) in [6.07, 6.45) is 5.54. The van der Waals surface area contributed by atoms with Crippen molar-refractivity contribution in [2.24, 2.45) is 0 Å². The summed E-state index contributed by atoms with van der Waals surface area (Å²) in [5.41, 5.74) is 2.26. The number of aryl methyl sites for hydroxylation is 1. The molecule has 0 saturated carbocycles. The Morgan fingerprint density at radius 1 is 1.36 bits per heavy atom. The van der Waals surface area contributed by atoms with E-state index >= 15 is 0 Å². The van der Waals surface area contributed by atoms with Gasteiger partial charge in [0.05, 0.1) is 6.20 Å². The lowest BCUT2D eigenvalue weighted by molar-refractivity contribution is 0.682. The number of rotatable bonds is 4. The van der Waals surface area contributed by atoms with Gasteiger partial charge in [-0.2, -0.15) is 5.10 Å². The summed E-state index contributed by atoms with van der Waals surface area (Å²) in [6, 6.07) is 0. The highest BCUT2D eigenvalue weighted by Crippen LogP contribution is 1.97. The average Bonchev–Trinajstić information content (AvgIpc) is 2.77. The first kappa shape index (κ1) is 8.96. The van der Waals surface area contributed by atoms with Crippen LogP contribution in [0.4, 0.5) is 0 Å². The number of aromatic nitrogens is 4. The Labute approximate surface area is 82.0 Å². The molecule has 2 rings (SSSR count). The molecular formula is C9H13N5. The third kappa shape index (κ3) is 2.20. The molecule has 0 atom stereocenters. The summed E-state index contributed by atoms with van der Waals surface area (Å²) in [7, 11) is 0. The molecule has 0 bridgehead atoms. The lowest BCUT2D eigenvalue weighted by Gasteiger charge is -1.99. The van der Waals surface area contributed by atoms with Gasteiger partial charge in [-0.05, 0) is 6.92 Å². The van der Waals surface area contributed by atoms with Crippen LogP contribution < -0.4 is 5.32 Å². The van der Waals surface area contributed by atoms with E-state index in [0.29, 0.717) is 0 Å². The number of hydrogen-bond acceptors (Lipinski definition) is 3. The van der Waals surface area contributed by atoms with Gasteiger partial charge in [-0.3, -0.25) is 5.10 Å². The minimum atomic E-state index is 0.798. The Morgan fingerprint density at radius 3 is 2.93 bits per heavy atom.